The fourth-order valence-corrected chi connectivity index (χ4v) is 2.60. The third-order valence-corrected chi connectivity index (χ3v) is 3.46. The molecule has 0 unspecified atom stereocenters. The summed E-state index contributed by atoms with van der Waals surface area (Å²) in [6, 6.07) is 6.70. The molecule has 1 N–H and O–H groups in total. The minimum atomic E-state index is 1.14. The summed E-state index contributed by atoms with van der Waals surface area (Å²) in [7, 11) is 0. The maximum Gasteiger partial charge on any atom is 0.0958 e. The van der Waals surface area contributed by atoms with Crippen LogP contribution in [0.25, 0.3) is 11.3 Å². The van der Waals surface area contributed by atoms with E-state index in [2.05, 4.69) is 42.2 Å². The second-order valence-electron chi connectivity index (χ2n) is 4.69. The highest BCUT2D eigenvalue weighted by atomic mass is 15.1. The van der Waals surface area contributed by atoms with E-state index < -0.39 is 0 Å². The molecule has 0 bridgehead atoms. The van der Waals surface area contributed by atoms with Crippen LogP contribution in [0.2, 0.25) is 0 Å². The molecule has 3 rings (SSSR count). The lowest BCUT2D eigenvalue weighted by atomic mass is 10.00. The maximum absolute atomic E-state index is 4.46. The number of hydrogen-bond acceptors (Lipinski definition) is 1. The average molecular weight is 212 g/mol. The summed E-state index contributed by atoms with van der Waals surface area (Å²) in [5.74, 6) is 0. The molecule has 2 aromatic rings. The number of nitrogens with zero attached hydrogens (tertiary/aromatic N) is 1. The molecule has 1 aromatic carbocycles. The molecule has 2 nitrogen and oxygen atoms in total. The molecule has 0 radical (unpaired) electrons. The van der Waals surface area contributed by atoms with Gasteiger partial charge in [0.2, 0.25) is 0 Å². The van der Waals surface area contributed by atoms with Crippen LogP contribution >= 0.6 is 0 Å². The first-order valence-corrected chi connectivity index (χ1v) is 5.89. The van der Waals surface area contributed by atoms with E-state index in [1.165, 1.54) is 46.5 Å². The standard InChI is InChI=1S/C14H16N2/c1-9-6-7-13-11(8-9)4-3-5-12-10(2)15-16-14(12)13/h6-8H,3-5H2,1-2H3,(H,15,16). The predicted molar refractivity (Wildman–Crippen MR) is 65.5 cm³/mol. The van der Waals surface area contributed by atoms with Gasteiger partial charge >= 0.3 is 0 Å². The first-order chi connectivity index (χ1) is 7.75. The zero-order chi connectivity index (χ0) is 11.1. The summed E-state index contributed by atoms with van der Waals surface area (Å²) in [5.41, 5.74) is 7.91. The normalized spacial score (nSPS) is 14.1. The van der Waals surface area contributed by atoms with Crippen molar-refractivity contribution in [3.63, 3.8) is 0 Å². The topological polar surface area (TPSA) is 28.7 Å². The Kier molecular flexibility index (Phi) is 2.10. The van der Waals surface area contributed by atoms with Crippen LogP contribution in [0.4, 0.5) is 0 Å². The van der Waals surface area contributed by atoms with Crippen LogP contribution in [0.15, 0.2) is 18.2 Å². The van der Waals surface area contributed by atoms with Gasteiger partial charge < -0.3 is 0 Å². The van der Waals surface area contributed by atoms with Gasteiger partial charge in [0, 0.05) is 16.8 Å². The summed E-state index contributed by atoms with van der Waals surface area (Å²) in [6.45, 7) is 4.27. The maximum atomic E-state index is 4.46. The van der Waals surface area contributed by atoms with Gasteiger partial charge in [-0.2, -0.15) is 5.10 Å². The summed E-state index contributed by atoms with van der Waals surface area (Å²) in [5, 5.41) is 7.57. The molecule has 0 saturated carbocycles. The molecule has 0 spiro atoms. The Morgan fingerprint density at radius 3 is 2.94 bits per heavy atom. The lowest BCUT2D eigenvalue weighted by Gasteiger charge is -2.05. The fraction of sp³-hybridized carbons (Fsp3) is 0.357. The summed E-state index contributed by atoms with van der Waals surface area (Å²) in [6.07, 6.45) is 3.54. The molecular formula is C14H16N2. The number of nitrogens with one attached hydrogen (secondary N) is 1. The number of aromatic nitrogens is 2. The van der Waals surface area contributed by atoms with Crippen LogP contribution in [0.3, 0.4) is 0 Å². The number of fused-ring (bicyclic) bond motifs is 3. The van der Waals surface area contributed by atoms with Crippen molar-refractivity contribution < 1.29 is 0 Å². The van der Waals surface area contributed by atoms with E-state index in [-0.39, 0.29) is 0 Å². The minimum Gasteiger partial charge on any atom is -0.282 e. The average Bonchev–Trinajstić information content (AvgIpc) is 2.54. The Bertz CT molecular complexity index is 538. The van der Waals surface area contributed by atoms with Gasteiger partial charge in [-0.05, 0) is 38.7 Å². The zero-order valence-electron chi connectivity index (χ0n) is 9.80. The van der Waals surface area contributed by atoms with E-state index >= 15 is 0 Å². The minimum absolute atomic E-state index is 1.14. The smallest absolute Gasteiger partial charge is 0.0958 e. The molecule has 1 aliphatic carbocycles. The highest BCUT2D eigenvalue weighted by molar-refractivity contribution is 5.69. The van der Waals surface area contributed by atoms with Crippen molar-refractivity contribution in [3.05, 3.63) is 40.6 Å². The molecule has 0 saturated heterocycles. The molecule has 0 atom stereocenters. The van der Waals surface area contributed by atoms with Crippen LogP contribution < -0.4 is 0 Å². The Balaban J connectivity index is 2.25. The van der Waals surface area contributed by atoms with Gasteiger partial charge in [0.05, 0.1) is 5.69 Å². The number of aryl methyl sites for hydroxylation is 3. The lowest BCUT2D eigenvalue weighted by molar-refractivity contribution is 0.827. The van der Waals surface area contributed by atoms with Crippen molar-refractivity contribution in [1.82, 2.24) is 10.2 Å². The van der Waals surface area contributed by atoms with Crippen LogP contribution in [0.5, 0.6) is 0 Å². The van der Waals surface area contributed by atoms with E-state index in [9.17, 15) is 0 Å². The van der Waals surface area contributed by atoms with E-state index in [1.54, 1.807) is 0 Å². The molecular weight excluding hydrogens is 196 g/mol. The van der Waals surface area contributed by atoms with Crippen molar-refractivity contribution in [2.24, 2.45) is 0 Å². The van der Waals surface area contributed by atoms with Crippen molar-refractivity contribution in [1.29, 1.82) is 0 Å². The molecule has 16 heavy (non-hydrogen) atoms. The second-order valence-corrected chi connectivity index (χ2v) is 4.69. The summed E-state index contributed by atoms with van der Waals surface area (Å²) in [4.78, 5) is 0. The fourth-order valence-electron chi connectivity index (χ4n) is 2.60. The number of aromatic amines is 1. The van der Waals surface area contributed by atoms with Gasteiger partial charge in [0.25, 0.3) is 0 Å². The van der Waals surface area contributed by atoms with Gasteiger partial charge in [0.15, 0.2) is 0 Å². The molecule has 0 amide bonds. The highest BCUT2D eigenvalue weighted by Gasteiger charge is 2.18. The van der Waals surface area contributed by atoms with Crippen molar-refractivity contribution in [2.45, 2.75) is 33.1 Å². The largest absolute Gasteiger partial charge is 0.282 e. The Hall–Kier alpha value is -1.57. The summed E-state index contributed by atoms with van der Waals surface area (Å²) < 4.78 is 0. The first-order valence-electron chi connectivity index (χ1n) is 5.89. The van der Waals surface area contributed by atoms with Crippen LogP contribution in [0.1, 0.15) is 28.8 Å². The highest BCUT2D eigenvalue weighted by Crippen LogP contribution is 2.32. The molecule has 0 fully saturated rings. The second kappa shape index (κ2) is 3.48. The Morgan fingerprint density at radius 2 is 2.06 bits per heavy atom. The van der Waals surface area contributed by atoms with Gasteiger partial charge in [-0.25, -0.2) is 0 Å². The van der Waals surface area contributed by atoms with E-state index in [1.807, 2.05) is 0 Å². The summed E-state index contributed by atoms with van der Waals surface area (Å²) >= 11 is 0. The zero-order valence-corrected chi connectivity index (χ0v) is 9.80. The molecule has 1 aliphatic rings. The molecule has 1 aromatic heterocycles. The number of hydrogen-bond donors (Lipinski definition) is 1. The Labute approximate surface area is 95.7 Å². The predicted octanol–water partition coefficient (Wildman–Crippen LogP) is 3.18. The van der Waals surface area contributed by atoms with E-state index in [0.29, 0.717) is 0 Å². The SMILES string of the molecule is Cc1ccc2c(c1)CCCc1c-2n[nH]c1C. The first kappa shape index (κ1) is 9.64. The molecule has 1 heterocycles. The van der Waals surface area contributed by atoms with Crippen LogP contribution in [-0.4, -0.2) is 10.2 Å². The van der Waals surface area contributed by atoms with Gasteiger partial charge in [-0.15, -0.1) is 0 Å². The third kappa shape index (κ3) is 1.37. The van der Waals surface area contributed by atoms with E-state index in [0.717, 1.165) is 6.42 Å². The Morgan fingerprint density at radius 1 is 1.19 bits per heavy atom. The van der Waals surface area contributed by atoms with Gasteiger partial charge in [-0.3, -0.25) is 5.10 Å². The molecule has 0 aliphatic heterocycles. The van der Waals surface area contributed by atoms with Gasteiger partial charge in [-0.1, -0.05) is 23.8 Å². The van der Waals surface area contributed by atoms with Crippen molar-refractivity contribution >= 4 is 0 Å². The van der Waals surface area contributed by atoms with E-state index in [4.69, 9.17) is 0 Å². The van der Waals surface area contributed by atoms with Crippen LogP contribution in [-0.2, 0) is 12.8 Å². The molecule has 2 heteroatoms. The van der Waals surface area contributed by atoms with Crippen LogP contribution in [0, 0.1) is 13.8 Å². The number of rotatable bonds is 0. The lowest BCUT2D eigenvalue weighted by Crippen LogP contribution is -1.89. The quantitative estimate of drug-likeness (QED) is 0.714. The van der Waals surface area contributed by atoms with Crippen molar-refractivity contribution in [3.8, 4) is 11.3 Å². The monoisotopic (exact) mass is 212 g/mol. The van der Waals surface area contributed by atoms with Crippen molar-refractivity contribution in [2.75, 3.05) is 0 Å². The van der Waals surface area contributed by atoms with Gasteiger partial charge in [0.1, 0.15) is 0 Å². The third-order valence-electron chi connectivity index (χ3n) is 3.46. The number of benzene rings is 1. The molecule has 82 valence electrons. The number of H-pyrrole nitrogens is 1.